The molecule has 0 amide bonds. The summed E-state index contributed by atoms with van der Waals surface area (Å²) in [6, 6.07) is 8.53. The normalized spacial score (nSPS) is 13.7. The maximum absolute atomic E-state index is 4.67. The molecule has 1 N–H and O–H groups in total. The van der Waals surface area contributed by atoms with E-state index in [1.165, 1.54) is 11.1 Å². The van der Waals surface area contributed by atoms with Gasteiger partial charge in [0.05, 0.1) is 5.69 Å². The van der Waals surface area contributed by atoms with Crippen molar-refractivity contribution in [1.29, 1.82) is 0 Å². The first-order chi connectivity index (χ1) is 8.78. The van der Waals surface area contributed by atoms with Gasteiger partial charge in [-0.2, -0.15) is 0 Å². The fourth-order valence-electron chi connectivity index (χ4n) is 2.36. The lowest BCUT2D eigenvalue weighted by Gasteiger charge is -2.06. The summed E-state index contributed by atoms with van der Waals surface area (Å²) in [7, 11) is 0. The molecule has 92 valence electrons. The average Bonchev–Trinajstić information content (AvgIpc) is 2.88. The molecule has 18 heavy (non-hydrogen) atoms. The Labute approximate surface area is 107 Å². The molecule has 0 aliphatic carbocycles. The number of benzene rings is 1. The number of nitrogens with zero attached hydrogens (tertiary/aromatic N) is 2. The molecule has 0 saturated carbocycles. The predicted molar refractivity (Wildman–Crippen MR) is 72.1 cm³/mol. The van der Waals surface area contributed by atoms with E-state index in [2.05, 4.69) is 53.4 Å². The minimum Gasteiger partial charge on any atom is -0.307 e. The first-order valence-corrected chi connectivity index (χ1v) is 6.44. The summed E-state index contributed by atoms with van der Waals surface area (Å²) < 4.78 is 0. The Morgan fingerprint density at radius 3 is 2.61 bits per heavy atom. The summed E-state index contributed by atoms with van der Waals surface area (Å²) in [6.07, 6.45) is 1.06. The molecular weight excluding hydrogens is 222 g/mol. The summed E-state index contributed by atoms with van der Waals surface area (Å²) in [5, 5.41) is 3.32. The van der Waals surface area contributed by atoms with E-state index in [0.717, 1.165) is 42.3 Å². The van der Waals surface area contributed by atoms with Crippen molar-refractivity contribution in [3.63, 3.8) is 0 Å². The standard InChI is InChI=1S/C15H17N3/c1-3-11-4-6-12(7-5-11)15-17-10(2)13-8-16-9-14(13)18-15/h4-7,16H,3,8-9H2,1-2H3. The molecule has 2 aromatic rings. The minimum atomic E-state index is 0.845. The van der Waals surface area contributed by atoms with Gasteiger partial charge in [-0.1, -0.05) is 31.2 Å². The number of fused-ring (bicyclic) bond motifs is 1. The van der Waals surface area contributed by atoms with Gasteiger partial charge in [0.25, 0.3) is 0 Å². The number of nitrogens with one attached hydrogen (secondary N) is 1. The summed E-state index contributed by atoms with van der Waals surface area (Å²) >= 11 is 0. The third-order valence-corrected chi connectivity index (χ3v) is 3.51. The van der Waals surface area contributed by atoms with Gasteiger partial charge in [-0.3, -0.25) is 0 Å². The molecule has 1 aromatic heterocycles. The second-order valence-corrected chi connectivity index (χ2v) is 4.71. The number of rotatable bonds is 2. The molecule has 0 spiro atoms. The molecule has 0 unspecified atom stereocenters. The Bertz CT molecular complexity index is 573. The third-order valence-electron chi connectivity index (χ3n) is 3.51. The molecule has 2 heterocycles. The highest BCUT2D eigenvalue weighted by atomic mass is 15.0. The van der Waals surface area contributed by atoms with Gasteiger partial charge >= 0.3 is 0 Å². The topological polar surface area (TPSA) is 37.8 Å². The van der Waals surface area contributed by atoms with Crippen LogP contribution in [0.15, 0.2) is 24.3 Å². The minimum absolute atomic E-state index is 0.845. The van der Waals surface area contributed by atoms with E-state index in [-0.39, 0.29) is 0 Å². The molecule has 0 saturated heterocycles. The smallest absolute Gasteiger partial charge is 0.159 e. The van der Waals surface area contributed by atoms with E-state index in [4.69, 9.17) is 0 Å². The van der Waals surface area contributed by atoms with Crippen molar-refractivity contribution in [2.24, 2.45) is 0 Å². The Morgan fingerprint density at radius 1 is 1.11 bits per heavy atom. The summed E-state index contributed by atoms with van der Waals surface area (Å²) in [5.74, 6) is 0.845. The number of hydrogen-bond donors (Lipinski definition) is 1. The van der Waals surface area contributed by atoms with Crippen LogP contribution >= 0.6 is 0 Å². The van der Waals surface area contributed by atoms with E-state index >= 15 is 0 Å². The van der Waals surface area contributed by atoms with Crippen molar-refractivity contribution >= 4 is 0 Å². The van der Waals surface area contributed by atoms with E-state index in [1.54, 1.807) is 0 Å². The highest BCUT2D eigenvalue weighted by molar-refractivity contribution is 5.56. The Kier molecular flexibility index (Phi) is 2.84. The Balaban J connectivity index is 2.03. The number of aromatic nitrogens is 2. The van der Waals surface area contributed by atoms with Crippen LogP contribution in [0.1, 0.15) is 29.4 Å². The zero-order valence-electron chi connectivity index (χ0n) is 10.8. The van der Waals surface area contributed by atoms with E-state index in [9.17, 15) is 0 Å². The van der Waals surface area contributed by atoms with Crippen LogP contribution in [0.2, 0.25) is 0 Å². The molecule has 0 radical (unpaired) electrons. The van der Waals surface area contributed by atoms with Crippen molar-refractivity contribution in [3.8, 4) is 11.4 Å². The van der Waals surface area contributed by atoms with Crippen molar-refractivity contribution in [2.45, 2.75) is 33.4 Å². The maximum atomic E-state index is 4.67. The van der Waals surface area contributed by atoms with Gasteiger partial charge < -0.3 is 5.32 Å². The van der Waals surface area contributed by atoms with Gasteiger partial charge in [0.2, 0.25) is 0 Å². The first-order valence-electron chi connectivity index (χ1n) is 6.44. The summed E-state index contributed by atoms with van der Waals surface area (Å²) in [4.78, 5) is 9.29. The molecule has 1 aromatic carbocycles. The van der Waals surface area contributed by atoms with Crippen LogP contribution in [0.25, 0.3) is 11.4 Å². The van der Waals surface area contributed by atoms with Gasteiger partial charge in [-0.05, 0) is 18.9 Å². The lowest BCUT2D eigenvalue weighted by molar-refractivity contribution is 0.757. The zero-order valence-corrected chi connectivity index (χ0v) is 10.8. The van der Waals surface area contributed by atoms with Crippen LogP contribution in [0.3, 0.4) is 0 Å². The van der Waals surface area contributed by atoms with Gasteiger partial charge in [-0.25, -0.2) is 9.97 Å². The number of hydrogen-bond acceptors (Lipinski definition) is 3. The molecule has 3 nitrogen and oxygen atoms in total. The maximum Gasteiger partial charge on any atom is 0.159 e. The third kappa shape index (κ3) is 1.91. The van der Waals surface area contributed by atoms with Crippen LogP contribution in [0, 0.1) is 6.92 Å². The van der Waals surface area contributed by atoms with E-state index in [1.807, 2.05) is 0 Å². The van der Waals surface area contributed by atoms with Crippen molar-refractivity contribution in [1.82, 2.24) is 15.3 Å². The number of aryl methyl sites for hydroxylation is 2. The SMILES string of the molecule is CCc1ccc(-c2nc(C)c3c(n2)CNC3)cc1. The Hall–Kier alpha value is -1.74. The summed E-state index contributed by atoms with van der Waals surface area (Å²) in [5.41, 5.74) is 5.96. The zero-order chi connectivity index (χ0) is 12.5. The fraction of sp³-hybridized carbons (Fsp3) is 0.333. The van der Waals surface area contributed by atoms with Crippen molar-refractivity contribution < 1.29 is 0 Å². The predicted octanol–water partition coefficient (Wildman–Crippen LogP) is 2.62. The van der Waals surface area contributed by atoms with Crippen LogP contribution in [-0.4, -0.2) is 9.97 Å². The molecule has 0 atom stereocenters. The molecule has 1 aliphatic heterocycles. The molecule has 0 bridgehead atoms. The van der Waals surface area contributed by atoms with Gasteiger partial charge in [-0.15, -0.1) is 0 Å². The van der Waals surface area contributed by atoms with Gasteiger partial charge in [0.1, 0.15) is 0 Å². The van der Waals surface area contributed by atoms with Crippen LogP contribution in [0.5, 0.6) is 0 Å². The Morgan fingerprint density at radius 2 is 1.89 bits per heavy atom. The van der Waals surface area contributed by atoms with E-state index < -0.39 is 0 Å². The monoisotopic (exact) mass is 239 g/mol. The molecule has 3 heteroatoms. The molecule has 0 fully saturated rings. The van der Waals surface area contributed by atoms with Crippen LogP contribution in [-0.2, 0) is 19.5 Å². The van der Waals surface area contributed by atoms with Gasteiger partial charge in [0, 0.05) is 29.9 Å². The largest absolute Gasteiger partial charge is 0.307 e. The average molecular weight is 239 g/mol. The quantitative estimate of drug-likeness (QED) is 0.875. The molecule has 3 rings (SSSR count). The van der Waals surface area contributed by atoms with Crippen LogP contribution in [0.4, 0.5) is 0 Å². The van der Waals surface area contributed by atoms with Crippen molar-refractivity contribution in [3.05, 3.63) is 46.8 Å². The second kappa shape index (κ2) is 4.50. The molecular formula is C15H17N3. The summed E-state index contributed by atoms with van der Waals surface area (Å²) in [6.45, 7) is 5.99. The first kappa shape index (κ1) is 11.4. The fourth-order valence-corrected chi connectivity index (χ4v) is 2.36. The highest BCUT2D eigenvalue weighted by Gasteiger charge is 2.16. The second-order valence-electron chi connectivity index (χ2n) is 4.71. The lowest BCUT2D eigenvalue weighted by atomic mass is 10.1. The van der Waals surface area contributed by atoms with E-state index in [0.29, 0.717) is 0 Å². The molecule has 1 aliphatic rings. The van der Waals surface area contributed by atoms with Gasteiger partial charge in [0.15, 0.2) is 5.82 Å². The van der Waals surface area contributed by atoms with Crippen molar-refractivity contribution in [2.75, 3.05) is 0 Å². The van der Waals surface area contributed by atoms with Crippen LogP contribution < -0.4 is 5.32 Å². The lowest BCUT2D eigenvalue weighted by Crippen LogP contribution is -2.00. The highest BCUT2D eigenvalue weighted by Crippen LogP contribution is 2.22.